The molecule has 0 aliphatic carbocycles. The number of rotatable bonds is 4. The molecule has 3 aromatic rings. The van der Waals surface area contributed by atoms with Gasteiger partial charge in [0.2, 0.25) is 0 Å². The van der Waals surface area contributed by atoms with E-state index in [0.29, 0.717) is 0 Å². The summed E-state index contributed by atoms with van der Waals surface area (Å²) in [5.74, 6) is -0.148. The molecule has 1 unspecified atom stereocenters. The molecule has 0 saturated heterocycles. The van der Waals surface area contributed by atoms with Gasteiger partial charge in [0.15, 0.2) is 0 Å². The number of thiophene rings is 2. The van der Waals surface area contributed by atoms with Crippen LogP contribution >= 0.6 is 22.7 Å². The summed E-state index contributed by atoms with van der Waals surface area (Å²) in [6.45, 7) is 2.86. The smallest absolute Gasteiger partial charge is 0.128 e. The van der Waals surface area contributed by atoms with Crippen molar-refractivity contribution in [3.63, 3.8) is 0 Å². The van der Waals surface area contributed by atoms with Crippen LogP contribution in [0.3, 0.4) is 0 Å². The molecule has 0 spiro atoms. The highest BCUT2D eigenvalue weighted by Crippen LogP contribution is 2.36. The second kappa shape index (κ2) is 5.41. The van der Waals surface area contributed by atoms with Crippen LogP contribution in [0.1, 0.15) is 23.4 Å². The molecule has 1 nitrogen and oxygen atoms in total. The van der Waals surface area contributed by atoms with E-state index in [4.69, 9.17) is 0 Å². The summed E-state index contributed by atoms with van der Waals surface area (Å²) in [6, 6.07) is 11.2. The zero-order valence-corrected chi connectivity index (χ0v) is 12.2. The number of nitrogens with one attached hydrogen (secondary N) is 1. The van der Waals surface area contributed by atoms with Crippen molar-refractivity contribution in [3.05, 3.63) is 58.0 Å². The van der Waals surface area contributed by atoms with Crippen LogP contribution in [0.25, 0.3) is 9.40 Å². The minimum absolute atomic E-state index is 0.0594. The Balaban J connectivity index is 2.06. The third kappa shape index (κ3) is 2.43. The highest BCUT2D eigenvalue weighted by Gasteiger charge is 2.19. The van der Waals surface area contributed by atoms with Gasteiger partial charge in [-0.2, -0.15) is 0 Å². The van der Waals surface area contributed by atoms with E-state index in [1.54, 1.807) is 28.7 Å². The first-order valence-electron chi connectivity index (χ1n) is 6.24. The number of halogens is 1. The van der Waals surface area contributed by atoms with Crippen molar-refractivity contribution < 1.29 is 4.39 Å². The third-order valence-electron chi connectivity index (χ3n) is 3.07. The van der Waals surface area contributed by atoms with Crippen molar-refractivity contribution in [1.82, 2.24) is 5.32 Å². The lowest BCUT2D eigenvalue weighted by atomic mass is 10.0. The van der Waals surface area contributed by atoms with Crippen LogP contribution < -0.4 is 5.32 Å². The Bertz CT molecular complexity index is 658. The van der Waals surface area contributed by atoms with Crippen LogP contribution in [-0.2, 0) is 0 Å². The van der Waals surface area contributed by atoms with Crippen molar-refractivity contribution in [3.8, 4) is 0 Å². The van der Waals surface area contributed by atoms with Gasteiger partial charge in [-0.05, 0) is 30.1 Å². The molecule has 0 saturated carbocycles. The van der Waals surface area contributed by atoms with Crippen LogP contribution in [0.2, 0.25) is 0 Å². The van der Waals surface area contributed by atoms with Crippen molar-refractivity contribution in [1.29, 1.82) is 0 Å². The van der Waals surface area contributed by atoms with Gasteiger partial charge in [0.1, 0.15) is 5.82 Å². The predicted molar refractivity (Wildman–Crippen MR) is 81.6 cm³/mol. The van der Waals surface area contributed by atoms with E-state index in [1.165, 1.54) is 20.3 Å². The average molecular weight is 291 g/mol. The fourth-order valence-corrected chi connectivity index (χ4v) is 4.42. The second-order valence-electron chi connectivity index (χ2n) is 4.31. The maximum Gasteiger partial charge on any atom is 0.128 e. The quantitative estimate of drug-likeness (QED) is 0.728. The molecular weight excluding hydrogens is 277 g/mol. The van der Waals surface area contributed by atoms with Gasteiger partial charge in [-0.15, -0.1) is 22.7 Å². The van der Waals surface area contributed by atoms with Crippen LogP contribution in [0.5, 0.6) is 0 Å². The van der Waals surface area contributed by atoms with E-state index in [2.05, 4.69) is 22.8 Å². The zero-order chi connectivity index (χ0) is 13.2. The minimum atomic E-state index is -0.148. The predicted octanol–water partition coefficient (Wildman–Crippen LogP) is 4.80. The molecule has 3 rings (SSSR count). The number of benzene rings is 1. The fraction of sp³-hybridized carbons (Fsp3) is 0.200. The molecule has 0 fully saturated rings. The molecule has 0 bridgehead atoms. The van der Waals surface area contributed by atoms with E-state index < -0.39 is 0 Å². The molecule has 1 aromatic carbocycles. The van der Waals surface area contributed by atoms with Gasteiger partial charge in [0.25, 0.3) is 0 Å². The van der Waals surface area contributed by atoms with Crippen molar-refractivity contribution in [2.24, 2.45) is 0 Å². The highest BCUT2D eigenvalue weighted by molar-refractivity contribution is 7.27. The van der Waals surface area contributed by atoms with Crippen LogP contribution in [-0.4, -0.2) is 6.54 Å². The Kier molecular flexibility index (Phi) is 3.64. The maximum atomic E-state index is 14.0. The molecule has 19 heavy (non-hydrogen) atoms. The standard InChI is InChI=1S/C15H14FNS2/c1-2-17-15(10-5-3-4-6-11(10)16)14-9-13-12(19-14)7-8-18-13/h3-9,15,17H,2H2,1H3. The lowest BCUT2D eigenvalue weighted by molar-refractivity contribution is 0.563. The Labute approximate surface area is 119 Å². The summed E-state index contributed by atoms with van der Waals surface area (Å²) in [7, 11) is 0. The van der Waals surface area contributed by atoms with E-state index in [0.717, 1.165) is 12.1 Å². The largest absolute Gasteiger partial charge is 0.306 e. The number of hydrogen-bond acceptors (Lipinski definition) is 3. The fourth-order valence-electron chi connectivity index (χ4n) is 2.20. The normalized spacial score (nSPS) is 12.9. The molecule has 0 amide bonds. The summed E-state index contributed by atoms with van der Waals surface area (Å²) in [5.41, 5.74) is 0.721. The molecule has 2 heterocycles. The van der Waals surface area contributed by atoms with Crippen LogP contribution in [0, 0.1) is 5.82 Å². The molecular formula is C15H14FNS2. The number of fused-ring (bicyclic) bond motifs is 1. The lowest BCUT2D eigenvalue weighted by Crippen LogP contribution is -2.22. The lowest BCUT2D eigenvalue weighted by Gasteiger charge is -2.17. The third-order valence-corrected chi connectivity index (χ3v) is 5.23. The van der Waals surface area contributed by atoms with Gasteiger partial charge in [-0.1, -0.05) is 25.1 Å². The van der Waals surface area contributed by atoms with Gasteiger partial charge < -0.3 is 5.32 Å². The molecule has 0 aliphatic rings. The maximum absolute atomic E-state index is 14.0. The van der Waals surface area contributed by atoms with Crippen LogP contribution in [0.15, 0.2) is 41.8 Å². The van der Waals surface area contributed by atoms with E-state index in [9.17, 15) is 4.39 Å². The van der Waals surface area contributed by atoms with Crippen molar-refractivity contribution in [2.75, 3.05) is 6.54 Å². The average Bonchev–Trinajstić information content (AvgIpc) is 2.97. The van der Waals surface area contributed by atoms with Crippen molar-refractivity contribution in [2.45, 2.75) is 13.0 Å². The topological polar surface area (TPSA) is 12.0 Å². The van der Waals surface area contributed by atoms with Gasteiger partial charge in [-0.3, -0.25) is 0 Å². The Morgan fingerprint density at radius 2 is 2.05 bits per heavy atom. The van der Waals surface area contributed by atoms with E-state index in [-0.39, 0.29) is 11.9 Å². The van der Waals surface area contributed by atoms with Gasteiger partial charge in [-0.25, -0.2) is 4.39 Å². The summed E-state index contributed by atoms with van der Waals surface area (Å²) in [4.78, 5) is 1.17. The molecule has 1 atom stereocenters. The monoisotopic (exact) mass is 291 g/mol. The highest BCUT2D eigenvalue weighted by atomic mass is 32.1. The Morgan fingerprint density at radius 3 is 2.79 bits per heavy atom. The van der Waals surface area contributed by atoms with E-state index >= 15 is 0 Å². The number of hydrogen-bond donors (Lipinski definition) is 1. The Hall–Kier alpha value is -1.23. The van der Waals surface area contributed by atoms with Gasteiger partial charge >= 0.3 is 0 Å². The SMILES string of the molecule is CCNC(c1cc2sccc2s1)c1ccccc1F. The molecule has 0 aliphatic heterocycles. The summed E-state index contributed by atoms with van der Waals surface area (Å²) >= 11 is 3.47. The second-order valence-corrected chi connectivity index (χ2v) is 6.37. The molecule has 98 valence electrons. The zero-order valence-electron chi connectivity index (χ0n) is 10.5. The van der Waals surface area contributed by atoms with Gasteiger partial charge in [0, 0.05) is 19.8 Å². The Morgan fingerprint density at radius 1 is 1.21 bits per heavy atom. The summed E-state index contributed by atoms with van der Waals surface area (Å²) < 4.78 is 16.6. The van der Waals surface area contributed by atoms with Gasteiger partial charge in [0.05, 0.1) is 6.04 Å². The van der Waals surface area contributed by atoms with Crippen molar-refractivity contribution >= 4 is 32.1 Å². The molecule has 1 N–H and O–H groups in total. The first-order chi connectivity index (χ1) is 9.29. The van der Waals surface area contributed by atoms with Crippen LogP contribution in [0.4, 0.5) is 4.39 Å². The first-order valence-corrected chi connectivity index (χ1v) is 7.94. The molecule has 4 heteroatoms. The minimum Gasteiger partial charge on any atom is -0.306 e. The molecule has 2 aromatic heterocycles. The van der Waals surface area contributed by atoms with E-state index in [1.807, 2.05) is 19.1 Å². The first kappa shape index (κ1) is 12.8. The summed E-state index contributed by atoms with van der Waals surface area (Å²) in [5, 5.41) is 5.48. The molecule has 0 radical (unpaired) electrons. The summed E-state index contributed by atoms with van der Waals surface area (Å²) in [6.07, 6.45) is 0.